The number of benzene rings is 3. The van der Waals surface area contributed by atoms with E-state index in [2.05, 4.69) is 10.2 Å². The number of carbonyl (C=O) groups is 1. The number of anilines is 1. The largest absolute Gasteiger partial charge is 0.322 e. The lowest BCUT2D eigenvalue weighted by Crippen LogP contribution is -2.48. The fourth-order valence-electron chi connectivity index (χ4n) is 5.22. The number of aryl methyl sites for hydroxylation is 1. The number of sulfonamides is 2. The number of rotatable bonds is 8. The highest BCUT2D eigenvalue weighted by atomic mass is 32.2. The Morgan fingerprint density at radius 3 is 1.88 bits per heavy atom. The Balaban J connectivity index is 1.16. The quantitative estimate of drug-likeness (QED) is 0.423. The highest BCUT2D eigenvalue weighted by molar-refractivity contribution is 7.89. The van der Waals surface area contributed by atoms with Gasteiger partial charge in [0.15, 0.2) is 0 Å². The van der Waals surface area contributed by atoms with Gasteiger partial charge < -0.3 is 5.32 Å². The van der Waals surface area contributed by atoms with E-state index in [4.69, 9.17) is 0 Å². The van der Waals surface area contributed by atoms with E-state index in [1.165, 1.54) is 20.7 Å². The first-order valence-electron chi connectivity index (χ1n) is 13.9. The summed E-state index contributed by atoms with van der Waals surface area (Å²) in [6.07, 6.45) is 2.80. The molecule has 2 aliphatic rings. The summed E-state index contributed by atoms with van der Waals surface area (Å²) in [4.78, 5) is 15.7. The van der Waals surface area contributed by atoms with E-state index in [0.29, 0.717) is 62.0 Å². The second-order valence-electron chi connectivity index (χ2n) is 10.6. The second kappa shape index (κ2) is 12.4. The van der Waals surface area contributed by atoms with Gasteiger partial charge in [-0.15, -0.1) is 0 Å². The van der Waals surface area contributed by atoms with Crippen LogP contribution >= 0.6 is 0 Å². The fraction of sp³-hybridized carbons (Fsp3) is 0.367. The Kier molecular flexibility index (Phi) is 8.91. The van der Waals surface area contributed by atoms with Crippen LogP contribution < -0.4 is 5.32 Å². The predicted molar refractivity (Wildman–Crippen MR) is 159 cm³/mol. The van der Waals surface area contributed by atoms with E-state index in [1.807, 2.05) is 37.3 Å². The predicted octanol–water partition coefficient (Wildman–Crippen LogP) is 3.93. The van der Waals surface area contributed by atoms with Gasteiger partial charge >= 0.3 is 0 Å². The number of hydrogen-bond acceptors (Lipinski definition) is 6. The van der Waals surface area contributed by atoms with Crippen molar-refractivity contribution in [3.63, 3.8) is 0 Å². The van der Waals surface area contributed by atoms with Gasteiger partial charge in [-0.05, 0) is 73.9 Å². The number of hydrogen-bond donors (Lipinski definition) is 1. The maximum absolute atomic E-state index is 13.0. The molecule has 0 bridgehead atoms. The molecule has 2 aliphatic heterocycles. The molecule has 2 saturated heterocycles. The molecule has 41 heavy (non-hydrogen) atoms. The summed E-state index contributed by atoms with van der Waals surface area (Å²) in [7, 11) is -7.05. The summed E-state index contributed by atoms with van der Waals surface area (Å²) in [5.74, 6) is -0.285. The SMILES string of the molecule is Cc1ccc(S(=O)(=O)N2CCN(Cc3cccc(C(=O)Nc4ccc(S(=O)(=O)N5CCCCC5)cc4)c3)CC2)cc1. The van der Waals surface area contributed by atoms with Crippen molar-refractivity contribution >= 4 is 31.6 Å². The van der Waals surface area contributed by atoms with Crippen LogP contribution in [-0.2, 0) is 26.6 Å². The normalized spacial score (nSPS) is 17.8. The molecule has 0 radical (unpaired) electrons. The molecule has 218 valence electrons. The molecule has 1 N–H and O–H groups in total. The number of amides is 1. The first-order chi connectivity index (χ1) is 19.6. The molecule has 2 fully saturated rings. The molecule has 0 unspecified atom stereocenters. The summed E-state index contributed by atoms with van der Waals surface area (Å²) in [6, 6.07) is 20.6. The Labute approximate surface area is 242 Å². The van der Waals surface area contributed by atoms with Gasteiger partial charge in [-0.1, -0.05) is 36.2 Å². The Bertz CT molecular complexity index is 1580. The van der Waals surface area contributed by atoms with Crippen LogP contribution in [0.4, 0.5) is 5.69 Å². The van der Waals surface area contributed by atoms with Gasteiger partial charge in [0.25, 0.3) is 5.91 Å². The molecule has 3 aromatic carbocycles. The summed E-state index contributed by atoms with van der Waals surface area (Å²) in [5, 5.41) is 2.85. The smallest absolute Gasteiger partial charge is 0.255 e. The molecule has 5 rings (SSSR count). The lowest BCUT2D eigenvalue weighted by Gasteiger charge is -2.34. The number of piperidine rings is 1. The van der Waals surface area contributed by atoms with E-state index in [-0.39, 0.29) is 10.8 Å². The monoisotopic (exact) mass is 596 g/mol. The molecule has 0 spiro atoms. The zero-order chi connectivity index (χ0) is 29.0. The molecule has 0 saturated carbocycles. The summed E-state index contributed by atoms with van der Waals surface area (Å²) >= 11 is 0. The fourth-order valence-corrected chi connectivity index (χ4v) is 8.16. The number of nitrogens with one attached hydrogen (secondary N) is 1. The number of carbonyl (C=O) groups excluding carboxylic acids is 1. The molecule has 0 aromatic heterocycles. The van der Waals surface area contributed by atoms with E-state index in [1.54, 1.807) is 30.3 Å². The van der Waals surface area contributed by atoms with Crippen molar-refractivity contribution in [2.45, 2.75) is 42.5 Å². The molecule has 0 aliphatic carbocycles. The van der Waals surface area contributed by atoms with Crippen molar-refractivity contribution in [1.82, 2.24) is 13.5 Å². The van der Waals surface area contributed by atoms with Crippen LogP contribution in [0.3, 0.4) is 0 Å². The van der Waals surface area contributed by atoms with Gasteiger partial charge in [-0.25, -0.2) is 16.8 Å². The minimum atomic E-state index is -3.53. The maximum atomic E-state index is 13.0. The third-order valence-electron chi connectivity index (χ3n) is 7.65. The van der Waals surface area contributed by atoms with E-state index < -0.39 is 20.0 Å². The summed E-state index contributed by atoms with van der Waals surface area (Å²) in [5.41, 5.74) is 2.98. The van der Waals surface area contributed by atoms with Gasteiger partial charge in [0.05, 0.1) is 9.79 Å². The molecule has 2 heterocycles. The zero-order valence-corrected chi connectivity index (χ0v) is 24.8. The van der Waals surface area contributed by atoms with Crippen LogP contribution in [-0.4, -0.2) is 75.5 Å². The van der Waals surface area contributed by atoms with Crippen molar-refractivity contribution in [3.05, 3.63) is 89.5 Å². The Morgan fingerprint density at radius 1 is 0.707 bits per heavy atom. The van der Waals surface area contributed by atoms with Crippen molar-refractivity contribution in [1.29, 1.82) is 0 Å². The van der Waals surface area contributed by atoms with Gasteiger partial charge in [-0.3, -0.25) is 9.69 Å². The van der Waals surface area contributed by atoms with Gasteiger partial charge in [0.1, 0.15) is 0 Å². The molecule has 11 heteroatoms. The minimum Gasteiger partial charge on any atom is -0.322 e. The highest BCUT2D eigenvalue weighted by Gasteiger charge is 2.29. The Morgan fingerprint density at radius 2 is 1.27 bits per heavy atom. The second-order valence-corrected chi connectivity index (χ2v) is 14.5. The van der Waals surface area contributed by atoms with Gasteiger partial charge in [0.2, 0.25) is 20.0 Å². The molecule has 1 amide bonds. The van der Waals surface area contributed by atoms with Crippen LogP contribution in [0.1, 0.15) is 40.7 Å². The van der Waals surface area contributed by atoms with Crippen LogP contribution in [0.2, 0.25) is 0 Å². The lowest BCUT2D eigenvalue weighted by molar-refractivity contribution is 0.102. The van der Waals surface area contributed by atoms with Crippen molar-refractivity contribution in [3.8, 4) is 0 Å². The van der Waals surface area contributed by atoms with E-state index in [9.17, 15) is 21.6 Å². The summed E-state index contributed by atoms with van der Waals surface area (Å²) < 4.78 is 54.8. The van der Waals surface area contributed by atoms with Crippen LogP contribution in [0, 0.1) is 6.92 Å². The standard InChI is InChI=1S/C30H36N4O5S2/c1-24-8-12-28(13-9-24)41(38,39)34-20-18-32(19-21-34)23-25-6-5-7-26(22-25)30(35)31-27-10-14-29(15-11-27)40(36,37)33-16-3-2-4-17-33/h5-15,22H,2-4,16-21,23H2,1H3,(H,31,35). The maximum Gasteiger partial charge on any atom is 0.255 e. The lowest BCUT2D eigenvalue weighted by atomic mass is 10.1. The average Bonchev–Trinajstić information content (AvgIpc) is 2.98. The molecular formula is C30H36N4O5S2. The average molecular weight is 597 g/mol. The number of piperazine rings is 1. The van der Waals surface area contributed by atoms with Crippen molar-refractivity contribution in [2.24, 2.45) is 0 Å². The molecule has 0 atom stereocenters. The zero-order valence-electron chi connectivity index (χ0n) is 23.2. The van der Waals surface area contributed by atoms with E-state index >= 15 is 0 Å². The summed E-state index contributed by atoms with van der Waals surface area (Å²) in [6.45, 7) is 5.60. The van der Waals surface area contributed by atoms with Crippen LogP contribution in [0.25, 0.3) is 0 Å². The molecule has 3 aromatic rings. The van der Waals surface area contributed by atoms with Crippen molar-refractivity contribution in [2.75, 3.05) is 44.6 Å². The van der Waals surface area contributed by atoms with Gasteiger partial charge in [0, 0.05) is 57.1 Å². The first kappa shape index (κ1) is 29.4. The van der Waals surface area contributed by atoms with Crippen LogP contribution in [0.5, 0.6) is 0 Å². The van der Waals surface area contributed by atoms with Gasteiger partial charge in [-0.2, -0.15) is 8.61 Å². The third kappa shape index (κ3) is 6.87. The van der Waals surface area contributed by atoms with Crippen molar-refractivity contribution < 1.29 is 21.6 Å². The topological polar surface area (TPSA) is 107 Å². The number of nitrogens with zero attached hydrogens (tertiary/aromatic N) is 3. The first-order valence-corrected chi connectivity index (χ1v) is 16.8. The molecule has 9 nitrogen and oxygen atoms in total. The van der Waals surface area contributed by atoms with Crippen LogP contribution in [0.15, 0.2) is 82.6 Å². The highest BCUT2D eigenvalue weighted by Crippen LogP contribution is 2.23. The minimum absolute atomic E-state index is 0.228. The van der Waals surface area contributed by atoms with E-state index in [0.717, 1.165) is 30.4 Å². The third-order valence-corrected chi connectivity index (χ3v) is 11.5. The Hall–Kier alpha value is -3.09. The molecular weight excluding hydrogens is 560 g/mol.